The SMILES string of the molecule is CCC[CH2][Sn]([CH2]CCC)([CH2]CCC)[CH2]CCC.[C-]#N.[Cu].[Li+].[Li+]. The van der Waals surface area contributed by atoms with Gasteiger partial charge in [0.25, 0.3) is 0 Å². The predicted octanol–water partition coefficient (Wildman–Crippen LogP) is 0.737. The molecule has 0 atom stereocenters. The van der Waals surface area contributed by atoms with E-state index >= 15 is 0 Å². The average molecular weight is 451 g/mol. The third-order valence-corrected chi connectivity index (χ3v) is 20.4. The smallest absolute Gasteiger partial charge is 0.512 e. The number of unbranched alkanes of at least 4 members (excludes halogenated alkanes) is 4. The molecular weight excluding hydrogens is 414 g/mol. The minimum atomic E-state index is -1.69. The Kier molecular flexibility index (Phi) is 44.5. The standard InChI is InChI=1S/4C4H9.CN.Cu.2Li.Sn/c4*1-3-4-2;1-2;;;;/h4*1,3-4H2,2H3;;;;;/q;;;;-1;;2*+1;. The molecule has 0 aliphatic carbocycles. The molecule has 1 nitrogen and oxygen atoms in total. The fourth-order valence-electron chi connectivity index (χ4n) is 2.96. The van der Waals surface area contributed by atoms with Crippen LogP contribution in [0.2, 0.25) is 17.7 Å². The normalized spacial score (nSPS) is 9.36. The van der Waals surface area contributed by atoms with Crippen molar-refractivity contribution in [3.05, 3.63) is 6.57 Å². The van der Waals surface area contributed by atoms with Gasteiger partial charge in [-0.1, -0.05) is 0 Å². The van der Waals surface area contributed by atoms with Crippen molar-refractivity contribution in [2.75, 3.05) is 0 Å². The third kappa shape index (κ3) is 20.0. The molecule has 125 valence electrons. The number of nitrogens with zero attached hydrogens (tertiary/aromatic N) is 1. The van der Waals surface area contributed by atoms with Gasteiger partial charge >= 0.3 is 153 Å². The molecule has 5 heteroatoms. The van der Waals surface area contributed by atoms with Gasteiger partial charge in [-0.3, -0.25) is 0 Å². The van der Waals surface area contributed by atoms with E-state index in [9.17, 15) is 0 Å². The largest absolute Gasteiger partial charge is 1.00 e. The van der Waals surface area contributed by atoms with Crippen LogP contribution in [0, 0.1) is 11.8 Å². The fourth-order valence-corrected chi connectivity index (χ4v) is 19.8. The first-order valence-electron chi connectivity index (χ1n) is 8.47. The zero-order valence-electron chi connectivity index (χ0n) is 16.2. The van der Waals surface area contributed by atoms with Crippen molar-refractivity contribution >= 4 is 18.4 Å². The topological polar surface area (TPSA) is 23.8 Å². The molecule has 0 aromatic rings. The van der Waals surface area contributed by atoms with Gasteiger partial charge in [0, 0.05) is 17.1 Å². The summed E-state index contributed by atoms with van der Waals surface area (Å²) >= 11 is -1.69. The van der Waals surface area contributed by atoms with Crippen LogP contribution in [0.25, 0.3) is 0 Å². The van der Waals surface area contributed by atoms with Gasteiger partial charge in [0.05, 0.1) is 0 Å². The maximum Gasteiger partial charge on any atom is 1.00 e. The molecule has 22 heavy (non-hydrogen) atoms. The van der Waals surface area contributed by atoms with Crippen LogP contribution in [0.3, 0.4) is 0 Å². The molecule has 0 aliphatic heterocycles. The summed E-state index contributed by atoms with van der Waals surface area (Å²) in [6.07, 6.45) is 11.8. The third-order valence-electron chi connectivity index (χ3n) is 4.24. The van der Waals surface area contributed by atoms with E-state index in [0.717, 1.165) is 0 Å². The Labute approximate surface area is 180 Å². The van der Waals surface area contributed by atoms with E-state index in [1.54, 1.807) is 17.7 Å². The van der Waals surface area contributed by atoms with Gasteiger partial charge in [-0.25, -0.2) is 0 Å². The average Bonchev–Trinajstić information content (AvgIpc) is 2.48. The van der Waals surface area contributed by atoms with Crippen LogP contribution < -0.4 is 37.7 Å². The summed E-state index contributed by atoms with van der Waals surface area (Å²) in [5, 5.41) is 6.25. The Hall–Kier alpha value is 2.00. The summed E-state index contributed by atoms with van der Waals surface area (Å²) in [7, 11) is 0. The molecule has 0 unspecified atom stereocenters. The molecule has 0 amide bonds. The van der Waals surface area contributed by atoms with E-state index in [4.69, 9.17) is 11.8 Å². The van der Waals surface area contributed by atoms with Crippen molar-refractivity contribution in [2.45, 2.75) is 96.8 Å². The summed E-state index contributed by atoms with van der Waals surface area (Å²) in [5.74, 6) is 0. The fraction of sp³-hybridized carbons (Fsp3) is 0.941. The van der Waals surface area contributed by atoms with Gasteiger partial charge in [0.2, 0.25) is 0 Å². The van der Waals surface area contributed by atoms with Gasteiger partial charge in [-0.2, -0.15) is 0 Å². The second kappa shape index (κ2) is 27.8. The zero-order valence-corrected chi connectivity index (χ0v) is 20.0. The summed E-state index contributed by atoms with van der Waals surface area (Å²) in [6.45, 7) is 14.2. The van der Waals surface area contributed by atoms with Crippen LogP contribution in [0.15, 0.2) is 0 Å². The second-order valence-corrected chi connectivity index (χ2v) is 20.2. The van der Waals surface area contributed by atoms with E-state index in [-0.39, 0.29) is 54.8 Å². The number of hydrogen-bond acceptors (Lipinski definition) is 1. The first-order valence-corrected chi connectivity index (χ1v) is 16.5. The predicted molar refractivity (Wildman–Crippen MR) is 89.6 cm³/mol. The van der Waals surface area contributed by atoms with Crippen molar-refractivity contribution in [1.29, 1.82) is 5.26 Å². The monoisotopic (exact) mass is 451 g/mol. The van der Waals surface area contributed by atoms with Crippen LogP contribution >= 0.6 is 0 Å². The van der Waals surface area contributed by atoms with E-state index in [1.165, 1.54) is 51.4 Å². The van der Waals surface area contributed by atoms with Crippen LogP contribution in [0.4, 0.5) is 0 Å². The van der Waals surface area contributed by atoms with Crippen molar-refractivity contribution in [3.8, 4) is 0 Å². The molecule has 1 radical (unpaired) electrons. The van der Waals surface area contributed by atoms with Crippen LogP contribution in [0.1, 0.15) is 79.1 Å². The molecule has 0 heterocycles. The first kappa shape index (κ1) is 35.2. The van der Waals surface area contributed by atoms with E-state index in [1.807, 2.05) is 0 Å². The maximum absolute atomic E-state index is 6.25. The molecule has 0 rings (SSSR count). The molecule has 0 saturated carbocycles. The minimum absolute atomic E-state index is 0. The second-order valence-electron chi connectivity index (χ2n) is 5.91. The Morgan fingerprint density at radius 1 is 0.591 bits per heavy atom. The summed E-state index contributed by atoms with van der Waals surface area (Å²) in [5.41, 5.74) is 0. The Morgan fingerprint density at radius 2 is 0.773 bits per heavy atom. The molecular formula is C17H36CuLi2NSn+. The molecule has 0 aromatic heterocycles. The van der Waals surface area contributed by atoms with E-state index in [0.29, 0.717) is 0 Å². The minimum Gasteiger partial charge on any atom is -0.512 e. The van der Waals surface area contributed by atoms with Crippen LogP contribution in [-0.4, -0.2) is 18.4 Å². The van der Waals surface area contributed by atoms with Gasteiger partial charge in [0.15, 0.2) is 0 Å². The number of rotatable bonds is 12. The number of hydrogen-bond donors (Lipinski definition) is 0. The van der Waals surface area contributed by atoms with Gasteiger partial charge in [0.1, 0.15) is 0 Å². The molecule has 0 aliphatic rings. The molecule has 0 bridgehead atoms. The summed E-state index contributed by atoms with van der Waals surface area (Å²) in [4.78, 5) is 0. The maximum atomic E-state index is 6.25. The van der Waals surface area contributed by atoms with Crippen molar-refractivity contribution in [1.82, 2.24) is 0 Å². The Morgan fingerprint density at radius 3 is 0.909 bits per heavy atom. The van der Waals surface area contributed by atoms with Crippen molar-refractivity contribution in [2.24, 2.45) is 0 Å². The van der Waals surface area contributed by atoms with Gasteiger partial charge in [-0.05, 0) is 0 Å². The quantitative estimate of drug-likeness (QED) is 0.318. The summed E-state index contributed by atoms with van der Waals surface area (Å²) in [6, 6.07) is 0. The van der Waals surface area contributed by atoms with E-state index < -0.39 is 18.4 Å². The van der Waals surface area contributed by atoms with Crippen LogP contribution in [0.5, 0.6) is 0 Å². The van der Waals surface area contributed by atoms with Gasteiger partial charge < -0.3 is 11.8 Å². The molecule has 0 aromatic carbocycles. The Bertz CT molecular complexity index is 167. The van der Waals surface area contributed by atoms with E-state index in [2.05, 4.69) is 27.7 Å². The summed E-state index contributed by atoms with van der Waals surface area (Å²) < 4.78 is 6.80. The van der Waals surface area contributed by atoms with Crippen molar-refractivity contribution < 1.29 is 54.8 Å². The molecule has 0 saturated heterocycles. The molecule has 0 fully saturated rings. The van der Waals surface area contributed by atoms with Gasteiger partial charge in [-0.15, -0.1) is 0 Å². The van der Waals surface area contributed by atoms with Crippen LogP contribution in [-0.2, 0) is 17.1 Å². The molecule has 0 N–H and O–H groups in total. The first-order chi connectivity index (χ1) is 9.24. The Balaban J connectivity index is -0.000000184. The zero-order chi connectivity index (χ0) is 15.0. The molecule has 0 spiro atoms. The van der Waals surface area contributed by atoms with Crippen molar-refractivity contribution in [3.63, 3.8) is 0 Å².